The van der Waals surface area contributed by atoms with Crippen LogP contribution in [-0.2, 0) is 17.7 Å². The first-order valence-electron chi connectivity index (χ1n) is 8.11. The molecule has 1 aliphatic rings. The largest absolute Gasteiger partial charge is 0.368 e. The van der Waals surface area contributed by atoms with E-state index < -0.39 is 0 Å². The minimum absolute atomic E-state index is 0.0495. The summed E-state index contributed by atoms with van der Waals surface area (Å²) in [6.45, 7) is 3.14. The molecule has 0 amide bonds. The molecule has 2 aromatic heterocycles. The molecule has 1 aromatic carbocycles. The molecular formula is C17H18N4O3. The van der Waals surface area contributed by atoms with Crippen molar-refractivity contribution in [2.45, 2.75) is 38.8 Å². The van der Waals surface area contributed by atoms with E-state index >= 15 is 0 Å². The van der Waals surface area contributed by atoms with E-state index in [4.69, 9.17) is 9.26 Å². The van der Waals surface area contributed by atoms with Crippen LogP contribution in [0.2, 0.25) is 0 Å². The molecule has 1 saturated heterocycles. The lowest BCUT2D eigenvalue weighted by Gasteiger charge is -2.06. The van der Waals surface area contributed by atoms with Crippen molar-refractivity contribution in [2.75, 3.05) is 6.61 Å². The number of nitrogens with zero attached hydrogens (tertiary/aromatic N) is 4. The summed E-state index contributed by atoms with van der Waals surface area (Å²) in [4.78, 5) is 21.3. The van der Waals surface area contributed by atoms with Gasteiger partial charge in [0.25, 0.3) is 11.4 Å². The Hall–Kier alpha value is -2.54. The van der Waals surface area contributed by atoms with Crippen LogP contribution in [0.1, 0.15) is 36.2 Å². The Labute approximate surface area is 138 Å². The van der Waals surface area contributed by atoms with Gasteiger partial charge in [0.05, 0.1) is 17.2 Å². The van der Waals surface area contributed by atoms with Crippen LogP contribution in [-0.4, -0.2) is 26.3 Å². The van der Waals surface area contributed by atoms with Crippen molar-refractivity contribution in [1.29, 1.82) is 0 Å². The molecular weight excluding hydrogens is 308 g/mol. The van der Waals surface area contributed by atoms with Gasteiger partial charge in [-0.05, 0) is 31.4 Å². The Balaban J connectivity index is 1.53. The van der Waals surface area contributed by atoms with E-state index in [0.29, 0.717) is 30.1 Å². The molecule has 124 valence electrons. The van der Waals surface area contributed by atoms with E-state index in [9.17, 15) is 4.79 Å². The highest BCUT2D eigenvalue weighted by atomic mass is 16.5. The van der Waals surface area contributed by atoms with Gasteiger partial charge >= 0.3 is 0 Å². The van der Waals surface area contributed by atoms with Gasteiger partial charge in [-0.2, -0.15) is 4.98 Å². The van der Waals surface area contributed by atoms with Gasteiger partial charge in [-0.3, -0.25) is 9.36 Å². The molecule has 0 spiro atoms. The van der Waals surface area contributed by atoms with Gasteiger partial charge < -0.3 is 9.26 Å². The Kier molecular flexibility index (Phi) is 3.86. The first-order chi connectivity index (χ1) is 11.7. The summed E-state index contributed by atoms with van der Waals surface area (Å²) in [7, 11) is 0. The van der Waals surface area contributed by atoms with Crippen molar-refractivity contribution in [3.8, 4) is 0 Å². The minimum Gasteiger partial charge on any atom is -0.368 e. The molecule has 0 aliphatic carbocycles. The fraction of sp³-hybridized carbons (Fsp3) is 0.412. The van der Waals surface area contributed by atoms with Gasteiger partial charge in [0.1, 0.15) is 6.10 Å². The maximum Gasteiger partial charge on any atom is 0.261 e. The summed E-state index contributed by atoms with van der Waals surface area (Å²) in [5.74, 6) is 1.11. The van der Waals surface area contributed by atoms with Crippen LogP contribution in [0.3, 0.4) is 0 Å². The van der Waals surface area contributed by atoms with Gasteiger partial charge in [0, 0.05) is 19.6 Å². The molecule has 7 heteroatoms. The topological polar surface area (TPSA) is 83.0 Å². The second-order valence-electron chi connectivity index (χ2n) is 6.01. The minimum atomic E-state index is -0.0840. The van der Waals surface area contributed by atoms with E-state index in [1.54, 1.807) is 17.0 Å². The summed E-state index contributed by atoms with van der Waals surface area (Å²) in [5.41, 5.74) is 1.70. The molecule has 1 atom stereocenters. The summed E-state index contributed by atoms with van der Waals surface area (Å²) >= 11 is 0. The molecule has 0 bridgehead atoms. The zero-order valence-corrected chi connectivity index (χ0v) is 13.4. The van der Waals surface area contributed by atoms with Crippen LogP contribution in [0.15, 0.2) is 33.8 Å². The molecule has 7 nitrogen and oxygen atoms in total. The van der Waals surface area contributed by atoms with Crippen LogP contribution in [0, 0.1) is 6.92 Å². The smallest absolute Gasteiger partial charge is 0.261 e. The van der Waals surface area contributed by atoms with E-state index in [2.05, 4.69) is 15.1 Å². The Bertz CT molecular complexity index is 925. The molecule has 3 aromatic rings. The summed E-state index contributed by atoms with van der Waals surface area (Å²) in [6.07, 6.45) is 3.93. The number of aromatic nitrogens is 4. The lowest BCUT2D eigenvalue weighted by molar-refractivity contribution is 0.0835. The molecule has 0 N–H and O–H groups in total. The zero-order chi connectivity index (χ0) is 16.5. The lowest BCUT2D eigenvalue weighted by Crippen LogP contribution is -2.22. The molecule has 4 rings (SSSR count). The molecule has 0 saturated carbocycles. The normalized spacial score (nSPS) is 17.6. The first-order valence-corrected chi connectivity index (χ1v) is 8.11. The van der Waals surface area contributed by atoms with Gasteiger partial charge in [-0.15, -0.1) is 0 Å². The Morgan fingerprint density at radius 1 is 1.38 bits per heavy atom. The third-order valence-electron chi connectivity index (χ3n) is 4.32. The lowest BCUT2D eigenvalue weighted by atomic mass is 10.1. The van der Waals surface area contributed by atoms with Crippen LogP contribution < -0.4 is 5.56 Å². The van der Waals surface area contributed by atoms with Crippen LogP contribution in [0.25, 0.3) is 10.9 Å². The molecule has 0 radical (unpaired) electrons. The highest BCUT2D eigenvalue weighted by Crippen LogP contribution is 2.26. The summed E-state index contributed by atoms with van der Waals surface area (Å²) in [5, 5.41) is 4.61. The van der Waals surface area contributed by atoms with Crippen molar-refractivity contribution in [3.05, 3.63) is 52.2 Å². The molecule has 24 heavy (non-hydrogen) atoms. The van der Waals surface area contributed by atoms with E-state index in [0.717, 1.165) is 30.5 Å². The fourth-order valence-electron chi connectivity index (χ4n) is 2.99. The van der Waals surface area contributed by atoms with Crippen molar-refractivity contribution in [3.63, 3.8) is 0 Å². The number of ether oxygens (including phenoxy) is 1. The average molecular weight is 326 g/mol. The third kappa shape index (κ3) is 2.71. The highest BCUT2D eigenvalue weighted by molar-refractivity contribution is 5.80. The standard InChI is InChI=1S/C17H18N4O3/c1-11-4-2-5-12-15(11)18-10-21(17(12)22)8-7-14-19-16(24-20-14)13-6-3-9-23-13/h2,4-5,10,13H,3,6-9H2,1H3/t13-/m0/s1. The summed E-state index contributed by atoms with van der Waals surface area (Å²) < 4.78 is 12.4. The number of hydrogen-bond acceptors (Lipinski definition) is 6. The Morgan fingerprint density at radius 3 is 3.12 bits per heavy atom. The third-order valence-corrected chi connectivity index (χ3v) is 4.32. The first kappa shape index (κ1) is 15.0. The molecule has 1 aliphatic heterocycles. The van der Waals surface area contributed by atoms with Crippen LogP contribution in [0.5, 0.6) is 0 Å². The van der Waals surface area contributed by atoms with Gasteiger partial charge in [0.2, 0.25) is 0 Å². The maximum atomic E-state index is 12.6. The van der Waals surface area contributed by atoms with Gasteiger partial charge in [-0.25, -0.2) is 4.98 Å². The van der Waals surface area contributed by atoms with Crippen molar-refractivity contribution in [1.82, 2.24) is 19.7 Å². The van der Waals surface area contributed by atoms with Crippen molar-refractivity contribution in [2.24, 2.45) is 0 Å². The van der Waals surface area contributed by atoms with Crippen molar-refractivity contribution < 1.29 is 9.26 Å². The van der Waals surface area contributed by atoms with Gasteiger partial charge in [-0.1, -0.05) is 17.3 Å². The summed E-state index contributed by atoms with van der Waals surface area (Å²) in [6, 6.07) is 5.63. The number of hydrogen-bond donors (Lipinski definition) is 0. The molecule has 3 heterocycles. The monoisotopic (exact) mass is 326 g/mol. The number of benzene rings is 1. The van der Waals surface area contributed by atoms with E-state index in [1.807, 2.05) is 19.1 Å². The quantitative estimate of drug-likeness (QED) is 0.731. The predicted octanol–water partition coefficient (Wildman–Crippen LogP) is 2.18. The average Bonchev–Trinajstić information content (AvgIpc) is 3.26. The highest BCUT2D eigenvalue weighted by Gasteiger charge is 2.23. The SMILES string of the molecule is Cc1cccc2c(=O)n(CCc3noc([C@@H]4CCCO4)n3)cnc12. The zero-order valence-electron chi connectivity index (χ0n) is 13.4. The fourth-order valence-corrected chi connectivity index (χ4v) is 2.99. The molecule has 1 fully saturated rings. The second kappa shape index (κ2) is 6.16. The van der Waals surface area contributed by atoms with E-state index in [1.165, 1.54) is 0 Å². The van der Waals surface area contributed by atoms with Gasteiger partial charge in [0.15, 0.2) is 5.82 Å². The number of rotatable bonds is 4. The maximum absolute atomic E-state index is 12.6. The number of para-hydroxylation sites is 1. The predicted molar refractivity (Wildman–Crippen MR) is 86.7 cm³/mol. The van der Waals surface area contributed by atoms with Crippen LogP contribution in [0.4, 0.5) is 0 Å². The van der Waals surface area contributed by atoms with E-state index in [-0.39, 0.29) is 11.7 Å². The number of fused-ring (bicyclic) bond motifs is 1. The van der Waals surface area contributed by atoms with Crippen LogP contribution >= 0.6 is 0 Å². The van der Waals surface area contributed by atoms with Crippen molar-refractivity contribution >= 4 is 10.9 Å². The second-order valence-corrected chi connectivity index (χ2v) is 6.01. The molecule has 0 unspecified atom stereocenters. The Morgan fingerprint density at radius 2 is 2.29 bits per heavy atom. The number of aryl methyl sites for hydroxylation is 3.